The second kappa shape index (κ2) is 8.90. The van der Waals surface area contributed by atoms with E-state index in [1.165, 1.54) is 22.9 Å². The van der Waals surface area contributed by atoms with Crippen LogP contribution in [0.2, 0.25) is 0 Å². The number of thioether (sulfide) groups is 1. The van der Waals surface area contributed by atoms with Crippen LogP contribution in [0.3, 0.4) is 0 Å². The van der Waals surface area contributed by atoms with E-state index in [-0.39, 0.29) is 23.7 Å². The number of carbonyl (C=O) groups is 2. The molecule has 2 aromatic rings. The third kappa shape index (κ3) is 5.63. The zero-order chi connectivity index (χ0) is 18.4. The Balaban J connectivity index is 1.54. The molecule has 136 valence electrons. The van der Waals surface area contributed by atoms with Crippen molar-refractivity contribution in [3.8, 4) is 0 Å². The minimum Gasteiger partial charge on any atom is -0.447 e. The first-order chi connectivity index (χ1) is 12.6. The first-order valence-corrected chi connectivity index (χ1v) is 9.95. The first-order valence-electron chi connectivity index (χ1n) is 8.80. The molecule has 4 nitrogen and oxygen atoms in total. The molecular weight excluding hydrogens is 346 g/mol. The Morgan fingerprint density at radius 3 is 2.46 bits per heavy atom. The molecule has 0 aromatic heterocycles. The van der Waals surface area contributed by atoms with Crippen LogP contribution in [0, 0.1) is 6.92 Å². The highest BCUT2D eigenvalue weighted by molar-refractivity contribution is 7.99. The Labute approximate surface area is 158 Å². The largest absolute Gasteiger partial charge is 0.447 e. The smallest absolute Gasteiger partial charge is 0.317 e. The van der Waals surface area contributed by atoms with Crippen LogP contribution < -0.4 is 5.32 Å². The Hall–Kier alpha value is -2.27. The maximum absolute atomic E-state index is 12.5. The predicted molar refractivity (Wildman–Crippen MR) is 104 cm³/mol. The van der Waals surface area contributed by atoms with E-state index in [0.29, 0.717) is 5.56 Å². The number of aryl methyl sites for hydroxylation is 1. The monoisotopic (exact) mass is 369 g/mol. The van der Waals surface area contributed by atoms with Gasteiger partial charge in [0.15, 0.2) is 0 Å². The highest BCUT2D eigenvalue weighted by atomic mass is 32.2. The van der Waals surface area contributed by atoms with E-state index < -0.39 is 6.10 Å². The van der Waals surface area contributed by atoms with Crippen LogP contribution in [0.1, 0.15) is 35.6 Å². The zero-order valence-electron chi connectivity index (χ0n) is 14.8. The molecule has 0 saturated heterocycles. The molecule has 1 aliphatic rings. The van der Waals surface area contributed by atoms with E-state index in [9.17, 15) is 9.59 Å². The number of amides is 1. The van der Waals surface area contributed by atoms with E-state index in [2.05, 4.69) is 29.6 Å². The third-order valence-electron chi connectivity index (χ3n) is 4.12. The molecule has 1 N–H and O–H groups in total. The van der Waals surface area contributed by atoms with Crippen molar-refractivity contribution in [3.63, 3.8) is 0 Å². The number of hydrogen-bond donors (Lipinski definition) is 1. The van der Waals surface area contributed by atoms with Gasteiger partial charge < -0.3 is 10.1 Å². The van der Waals surface area contributed by atoms with Gasteiger partial charge in [0.25, 0.3) is 5.91 Å². The topological polar surface area (TPSA) is 55.4 Å². The summed E-state index contributed by atoms with van der Waals surface area (Å²) in [6, 6.07) is 17.6. The van der Waals surface area contributed by atoms with Gasteiger partial charge >= 0.3 is 5.97 Å². The number of esters is 1. The molecule has 0 heterocycles. The van der Waals surface area contributed by atoms with E-state index in [1.807, 2.05) is 37.3 Å². The van der Waals surface area contributed by atoms with Crippen molar-refractivity contribution >= 4 is 23.6 Å². The van der Waals surface area contributed by atoms with Crippen LogP contribution in [0.4, 0.5) is 0 Å². The van der Waals surface area contributed by atoms with Crippen molar-refractivity contribution in [2.75, 3.05) is 5.75 Å². The van der Waals surface area contributed by atoms with Gasteiger partial charge in [-0.15, -0.1) is 11.8 Å². The molecule has 2 aromatic carbocycles. The van der Waals surface area contributed by atoms with Gasteiger partial charge in [-0.3, -0.25) is 9.59 Å². The summed E-state index contributed by atoms with van der Waals surface area (Å²) in [6.45, 7) is 2.05. The van der Waals surface area contributed by atoms with Gasteiger partial charge in [-0.05, 0) is 25.3 Å². The second-order valence-electron chi connectivity index (χ2n) is 6.54. The Kier molecular flexibility index (Phi) is 6.34. The van der Waals surface area contributed by atoms with Crippen LogP contribution >= 0.6 is 11.8 Å². The van der Waals surface area contributed by atoms with Crippen LogP contribution in [0.15, 0.2) is 54.6 Å². The zero-order valence-corrected chi connectivity index (χ0v) is 15.6. The number of benzene rings is 2. The van der Waals surface area contributed by atoms with Gasteiger partial charge in [0.2, 0.25) is 6.10 Å². The molecule has 0 radical (unpaired) electrons. The molecule has 0 spiro atoms. The third-order valence-corrected chi connectivity index (χ3v) is 5.10. The fourth-order valence-corrected chi connectivity index (χ4v) is 3.27. The average Bonchev–Trinajstić information content (AvgIpc) is 3.46. The normalized spacial score (nSPS) is 14.5. The summed E-state index contributed by atoms with van der Waals surface area (Å²) in [4.78, 5) is 24.7. The van der Waals surface area contributed by atoms with Crippen molar-refractivity contribution in [2.45, 2.75) is 37.7 Å². The SMILES string of the molecule is Cc1ccc(CSCC(=O)O[C@H](C(=O)NC2CC2)c2ccccc2)cc1. The highest BCUT2D eigenvalue weighted by Gasteiger charge is 2.30. The molecule has 1 amide bonds. The molecule has 26 heavy (non-hydrogen) atoms. The van der Waals surface area contributed by atoms with Crippen LogP contribution in [0.25, 0.3) is 0 Å². The Morgan fingerprint density at radius 2 is 1.81 bits per heavy atom. The van der Waals surface area contributed by atoms with Gasteiger partial charge in [0, 0.05) is 17.4 Å². The predicted octanol–water partition coefficient (Wildman–Crippen LogP) is 3.79. The maximum Gasteiger partial charge on any atom is 0.317 e. The lowest BCUT2D eigenvalue weighted by Crippen LogP contribution is -2.33. The summed E-state index contributed by atoms with van der Waals surface area (Å²) in [5.74, 6) is 0.339. The van der Waals surface area contributed by atoms with Gasteiger partial charge in [-0.1, -0.05) is 60.2 Å². The number of hydrogen-bond acceptors (Lipinski definition) is 4. The highest BCUT2D eigenvalue weighted by Crippen LogP contribution is 2.24. The summed E-state index contributed by atoms with van der Waals surface area (Å²) < 4.78 is 5.51. The molecule has 5 heteroatoms. The lowest BCUT2D eigenvalue weighted by molar-refractivity contribution is -0.154. The molecule has 1 aliphatic carbocycles. The fraction of sp³-hybridized carbons (Fsp3) is 0.333. The Bertz CT molecular complexity index is 742. The molecule has 1 saturated carbocycles. The number of rotatable bonds is 8. The summed E-state index contributed by atoms with van der Waals surface area (Å²) in [6.07, 6.45) is 1.10. The maximum atomic E-state index is 12.5. The van der Waals surface area contributed by atoms with Crippen molar-refractivity contribution in [3.05, 3.63) is 71.3 Å². The summed E-state index contributed by atoms with van der Waals surface area (Å²) in [7, 11) is 0. The van der Waals surface area contributed by atoms with Crippen molar-refractivity contribution in [1.82, 2.24) is 5.32 Å². The lowest BCUT2D eigenvalue weighted by Gasteiger charge is -2.18. The minimum absolute atomic E-state index is 0.216. The molecule has 3 rings (SSSR count). The van der Waals surface area contributed by atoms with E-state index in [1.54, 1.807) is 0 Å². The molecular formula is C21H23NO3S. The summed E-state index contributed by atoms with van der Waals surface area (Å²) >= 11 is 1.49. The fourth-order valence-electron chi connectivity index (χ4n) is 2.51. The summed E-state index contributed by atoms with van der Waals surface area (Å²) in [5, 5.41) is 2.92. The van der Waals surface area contributed by atoms with Crippen molar-refractivity contribution < 1.29 is 14.3 Å². The van der Waals surface area contributed by atoms with Gasteiger partial charge in [0.1, 0.15) is 0 Å². The molecule has 0 unspecified atom stereocenters. The average molecular weight is 369 g/mol. The first kappa shape index (κ1) is 18.5. The standard InChI is InChI=1S/C21H23NO3S/c1-15-7-9-16(10-8-15)13-26-14-19(23)25-20(17-5-3-2-4-6-17)21(24)22-18-11-12-18/h2-10,18,20H,11-14H2,1H3,(H,22,24)/t20-/m0/s1. The van der Waals surface area contributed by atoms with Crippen molar-refractivity contribution in [1.29, 1.82) is 0 Å². The lowest BCUT2D eigenvalue weighted by atomic mass is 10.1. The van der Waals surface area contributed by atoms with E-state index in [0.717, 1.165) is 18.6 Å². The van der Waals surface area contributed by atoms with Crippen LogP contribution in [0.5, 0.6) is 0 Å². The van der Waals surface area contributed by atoms with Gasteiger partial charge in [-0.2, -0.15) is 0 Å². The van der Waals surface area contributed by atoms with Crippen LogP contribution in [-0.2, 0) is 20.1 Å². The molecule has 1 atom stereocenters. The Morgan fingerprint density at radius 1 is 1.12 bits per heavy atom. The van der Waals surface area contributed by atoms with E-state index in [4.69, 9.17) is 4.74 Å². The molecule has 0 bridgehead atoms. The quantitative estimate of drug-likeness (QED) is 0.719. The number of carbonyl (C=O) groups excluding carboxylic acids is 2. The number of nitrogens with one attached hydrogen (secondary N) is 1. The second-order valence-corrected chi connectivity index (χ2v) is 7.53. The minimum atomic E-state index is -0.885. The molecule has 0 aliphatic heterocycles. The van der Waals surface area contributed by atoms with Gasteiger partial charge in [0.05, 0.1) is 5.75 Å². The van der Waals surface area contributed by atoms with Crippen molar-refractivity contribution in [2.24, 2.45) is 0 Å². The van der Waals surface area contributed by atoms with Gasteiger partial charge in [-0.25, -0.2) is 0 Å². The molecule has 1 fully saturated rings. The number of ether oxygens (including phenoxy) is 1. The van der Waals surface area contributed by atoms with E-state index >= 15 is 0 Å². The summed E-state index contributed by atoms with van der Waals surface area (Å²) in [5.41, 5.74) is 3.08. The van der Waals surface area contributed by atoms with Crippen LogP contribution in [-0.4, -0.2) is 23.7 Å².